The molecule has 0 saturated carbocycles. The third-order valence-corrected chi connectivity index (χ3v) is 5.02. The number of aromatic nitrogens is 4. The lowest BCUT2D eigenvalue weighted by Crippen LogP contribution is -2.08. The molecule has 0 unspecified atom stereocenters. The zero-order chi connectivity index (χ0) is 16.8. The monoisotopic (exact) mass is 350 g/mol. The van der Waals surface area contributed by atoms with Crippen LogP contribution < -0.4 is 9.47 Å². The molecule has 4 aromatic rings. The summed E-state index contributed by atoms with van der Waals surface area (Å²) in [6.07, 6.45) is 5.51. The average Bonchev–Trinajstić information content (AvgIpc) is 3.40. The van der Waals surface area contributed by atoms with E-state index in [0.29, 0.717) is 6.61 Å². The van der Waals surface area contributed by atoms with Gasteiger partial charge in [0.1, 0.15) is 18.1 Å². The van der Waals surface area contributed by atoms with Crippen molar-refractivity contribution in [2.45, 2.75) is 6.61 Å². The molecule has 0 fully saturated rings. The number of nitrogens with one attached hydrogen (secondary N) is 1. The molecular weight excluding hydrogens is 336 g/mol. The van der Waals surface area contributed by atoms with Crippen LogP contribution in [0.25, 0.3) is 28.1 Å². The van der Waals surface area contributed by atoms with Crippen molar-refractivity contribution in [2.75, 3.05) is 7.11 Å². The highest BCUT2D eigenvalue weighted by atomic mass is 32.1. The van der Waals surface area contributed by atoms with Gasteiger partial charge in [-0.3, -0.25) is 5.10 Å². The zero-order valence-electron chi connectivity index (χ0n) is 13.4. The number of fused-ring (bicyclic) bond motifs is 3. The van der Waals surface area contributed by atoms with Gasteiger partial charge in [0.2, 0.25) is 0 Å². The molecule has 5 rings (SSSR count). The lowest BCUT2D eigenvalue weighted by molar-refractivity contribution is 0.299. The molecule has 3 aromatic heterocycles. The van der Waals surface area contributed by atoms with Crippen molar-refractivity contribution in [3.8, 4) is 39.6 Å². The summed E-state index contributed by atoms with van der Waals surface area (Å²) in [5.74, 6) is 1.55. The highest BCUT2D eigenvalue weighted by Crippen LogP contribution is 2.44. The number of H-pyrrole nitrogens is 1. The highest BCUT2D eigenvalue weighted by Gasteiger charge is 2.25. The minimum absolute atomic E-state index is 0.501. The minimum atomic E-state index is 0.501. The van der Waals surface area contributed by atoms with Gasteiger partial charge in [-0.1, -0.05) is 0 Å². The highest BCUT2D eigenvalue weighted by molar-refractivity contribution is 7.08. The molecule has 0 amide bonds. The van der Waals surface area contributed by atoms with Gasteiger partial charge >= 0.3 is 0 Å². The van der Waals surface area contributed by atoms with Gasteiger partial charge in [-0.05, 0) is 17.5 Å². The molecule has 0 radical (unpaired) electrons. The van der Waals surface area contributed by atoms with Crippen LogP contribution in [0, 0.1) is 0 Å². The number of aromatic amines is 1. The van der Waals surface area contributed by atoms with Crippen LogP contribution in [0.5, 0.6) is 11.5 Å². The molecule has 4 heterocycles. The molecule has 1 aliphatic rings. The zero-order valence-corrected chi connectivity index (χ0v) is 14.2. The molecule has 0 saturated heterocycles. The molecule has 0 atom stereocenters. The minimum Gasteiger partial charge on any atom is -0.496 e. The first-order chi connectivity index (χ1) is 12.3. The second-order valence-corrected chi connectivity index (χ2v) is 6.52. The van der Waals surface area contributed by atoms with Crippen LogP contribution in [-0.2, 0) is 6.61 Å². The lowest BCUT2D eigenvalue weighted by Gasteiger charge is -2.21. The van der Waals surface area contributed by atoms with E-state index < -0.39 is 0 Å². The van der Waals surface area contributed by atoms with E-state index in [0.717, 1.165) is 45.1 Å². The van der Waals surface area contributed by atoms with Crippen molar-refractivity contribution < 1.29 is 9.47 Å². The first-order valence-electron chi connectivity index (χ1n) is 7.79. The molecule has 0 spiro atoms. The third-order valence-electron chi connectivity index (χ3n) is 4.34. The van der Waals surface area contributed by atoms with Gasteiger partial charge in [-0.2, -0.15) is 21.5 Å². The second kappa shape index (κ2) is 5.49. The smallest absolute Gasteiger partial charge is 0.132 e. The van der Waals surface area contributed by atoms with E-state index >= 15 is 0 Å². The number of nitrogens with zero attached hydrogens (tertiary/aromatic N) is 3. The summed E-state index contributed by atoms with van der Waals surface area (Å²) in [5, 5.41) is 15.6. The van der Waals surface area contributed by atoms with Crippen molar-refractivity contribution in [3.05, 3.63) is 53.1 Å². The molecule has 1 aliphatic heterocycles. The summed E-state index contributed by atoms with van der Waals surface area (Å²) in [6, 6.07) is 6.08. The molecule has 124 valence electrons. The molecule has 0 bridgehead atoms. The quantitative estimate of drug-likeness (QED) is 0.609. The van der Waals surface area contributed by atoms with Gasteiger partial charge in [-0.15, -0.1) is 0 Å². The van der Waals surface area contributed by atoms with Gasteiger partial charge in [0.15, 0.2) is 0 Å². The number of ether oxygens (including phenoxy) is 2. The Morgan fingerprint density at radius 1 is 1.28 bits per heavy atom. The number of methoxy groups -OCH3 is 1. The number of thiophene rings is 1. The normalized spacial score (nSPS) is 12.4. The fourth-order valence-electron chi connectivity index (χ4n) is 3.16. The van der Waals surface area contributed by atoms with Gasteiger partial charge in [0, 0.05) is 39.9 Å². The van der Waals surface area contributed by atoms with E-state index in [1.165, 1.54) is 0 Å². The summed E-state index contributed by atoms with van der Waals surface area (Å²) >= 11 is 1.65. The van der Waals surface area contributed by atoms with Gasteiger partial charge < -0.3 is 9.47 Å². The maximum Gasteiger partial charge on any atom is 0.132 e. The Bertz CT molecular complexity index is 1040. The Kier molecular flexibility index (Phi) is 3.14. The predicted octanol–water partition coefficient (Wildman–Crippen LogP) is 3.89. The van der Waals surface area contributed by atoms with Crippen LogP contribution in [0.4, 0.5) is 0 Å². The van der Waals surface area contributed by atoms with Crippen LogP contribution in [0.3, 0.4) is 0 Å². The van der Waals surface area contributed by atoms with Crippen molar-refractivity contribution in [1.29, 1.82) is 0 Å². The first kappa shape index (κ1) is 14.3. The second-order valence-electron chi connectivity index (χ2n) is 5.74. The van der Waals surface area contributed by atoms with E-state index in [2.05, 4.69) is 38.2 Å². The number of benzene rings is 1. The van der Waals surface area contributed by atoms with Crippen LogP contribution >= 0.6 is 11.3 Å². The summed E-state index contributed by atoms with van der Waals surface area (Å²) in [7, 11) is 1.66. The molecular formula is C18H14N4O2S. The first-order valence-corrected chi connectivity index (χ1v) is 8.73. The number of hydrogen-bond donors (Lipinski definition) is 1. The Morgan fingerprint density at radius 3 is 3.00 bits per heavy atom. The van der Waals surface area contributed by atoms with Crippen LogP contribution in [0.15, 0.2) is 47.5 Å². The lowest BCUT2D eigenvalue weighted by atomic mass is 9.98. The van der Waals surface area contributed by atoms with Gasteiger partial charge in [0.05, 0.1) is 30.9 Å². The van der Waals surface area contributed by atoms with E-state index in [1.54, 1.807) is 24.6 Å². The summed E-state index contributed by atoms with van der Waals surface area (Å²) in [5.41, 5.74) is 6.12. The van der Waals surface area contributed by atoms with Crippen molar-refractivity contribution in [3.63, 3.8) is 0 Å². The van der Waals surface area contributed by atoms with E-state index in [-0.39, 0.29) is 0 Å². The van der Waals surface area contributed by atoms with Crippen LogP contribution in [0.2, 0.25) is 0 Å². The fourth-order valence-corrected chi connectivity index (χ4v) is 3.78. The third kappa shape index (κ3) is 2.16. The molecule has 1 N–H and O–H groups in total. The molecule has 0 aliphatic carbocycles. The van der Waals surface area contributed by atoms with Crippen molar-refractivity contribution in [1.82, 2.24) is 20.0 Å². The maximum atomic E-state index is 5.94. The SMILES string of the molecule is COc1cc2c(cc1-c1cn[nH]c1)-c1c(cnn1-c1ccsc1)CO2. The van der Waals surface area contributed by atoms with E-state index in [9.17, 15) is 0 Å². The van der Waals surface area contributed by atoms with Crippen molar-refractivity contribution >= 4 is 11.3 Å². The van der Waals surface area contributed by atoms with E-state index in [4.69, 9.17) is 9.47 Å². The Labute approximate surface area is 147 Å². The standard InChI is InChI=1S/C18H14N4O2S/c1-23-16-5-17-15(4-14(16)11-6-19-20-7-11)18-12(9-24-17)8-21-22(18)13-2-3-25-10-13/h2-8,10H,9H2,1H3,(H,19,20). The Hall–Kier alpha value is -3.06. The molecule has 1 aromatic carbocycles. The number of hydrogen-bond acceptors (Lipinski definition) is 5. The summed E-state index contributed by atoms with van der Waals surface area (Å²) in [6.45, 7) is 0.501. The number of rotatable bonds is 3. The fraction of sp³-hybridized carbons (Fsp3) is 0.111. The Balaban J connectivity index is 1.76. The van der Waals surface area contributed by atoms with Crippen LogP contribution in [-0.4, -0.2) is 27.1 Å². The molecule has 7 heteroatoms. The van der Waals surface area contributed by atoms with Gasteiger partial charge in [-0.25, -0.2) is 4.68 Å². The largest absolute Gasteiger partial charge is 0.496 e. The molecule has 25 heavy (non-hydrogen) atoms. The van der Waals surface area contributed by atoms with Crippen molar-refractivity contribution in [2.24, 2.45) is 0 Å². The average molecular weight is 350 g/mol. The predicted molar refractivity (Wildman–Crippen MR) is 95.3 cm³/mol. The van der Waals surface area contributed by atoms with Crippen LogP contribution in [0.1, 0.15) is 5.56 Å². The maximum absolute atomic E-state index is 5.94. The molecule has 6 nitrogen and oxygen atoms in total. The summed E-state index contributed by atoms with van der Waals surface area (Å²) in [4.78, 5) is 0. The van der Waals surface area contributed by atoms with E-state index in [1.807, 2.05) is 23.1 Å². The van der Waals surface area contributed by atoms with Gasteiger partial charge in [0.25, 0.3) is 0 Å². The summed E-state index contributed by atoms with van der Waals surface area (Å²) < 4.78 is 13.5. The topological polar surface area (TPSA) is 65.0 Å². The Morgan fingerprint density at radius 2 is 2.24 bits per heavy atom.